The Morgan fingerprint density at radius 2 is 2.08 bits per heavy atom. The van der Waals surface area contributed by atoms with E-state index in [0.717, 1.165) is 47.7 Å². The highest BCUT2D eigenvalue weighted by molar-refractivity contribution is 5.59. The zero-order valence-corrected chi connectivity index (χ0v) is 14.4. The van der Waals surface area contributed by atoms with Crippen LogP contribution in [0.25, 0.3) is 11.7 Å². The quantitative estimate of drug-likeness (QED) is 0.720. The van der Waals surface area contributed by atoms with E-state index in [1.54, 1.807) is 6.33 Å². The van der Waals surface area contributed by atoms with Gasteiger partial charge in [0.05, 0.1) is 6.61 Å². The Bertz CT molecular complexity index is 696. The molecule has 2 unspecified atom stereocenters. The lowest BCUT2D eigenvalue weighted by atomic mass is 9.67. The fourth-order valence-electron chi connectivity index (χ4n) is 4.81. The lowest BCUT2D eigenvalue weighted by Crippen LogP contribution is -2.27. The van der Waals surface area contributed by atoms with E-state index in [1.165, 1.54) is 44.9 Å². The third kappa shape index (κ3) is 3.33. The Morgan fingerprint density at radius 1 is 1.25 bits per heavy atom. The molecule has 2 aliphatic carbocycles. The summed E-state index contributed by atoms with van der Waals surface area (Å²) in [6.45, 7) is 4.66. The molecule has 128 valence electrons. The molecule has 2 saturated carbocycles. The molecule has 0 radical (unpaired) electrons. The van der Waals surface area contributed by atoms with Crippen molar-refractivity contribution < 1.29 is 4.74 Å². The number of ether oxygens (including phenoxy) is 1. The Morgan fingerprint density at radius 3 is 2.88 bits per heavy atom. The number of pyridine rings is 1. The number of rotatable bonds is 6. The number of hydrogen-bond acceptors (Lipinski definition) is 3. The molecule has 2 aromatic rings. The summed E-state index contributed by atoms with van der Waals surface area (Å²) in [5.41, 5.74) is 1.81. The topological polar surface area (TPSA) is 39.4 Å². The van der Waals surface area contributed by atoms with Crippen molar-refractivity contribution in [3.05, 3.63) is 30.7 Å². The van der Waals surface area contributed by atoms with E-state index in [0.29, 0.717) is 0 Å². The fourth-order valence-corrected chi connectivity index (χ4v) is 4.81. The molecular formula is C20H27N3O. The van der Waals surface area contributed by atoms with Gasteiger partial charge in [-0.1, -0.05) is 31.9 Å². The first-order valence-corrected chi connectivity index (χ1v) is 9.40. The van der Waals surface area contributed by atoms with Gasteiger partial charge in [-0.3, -0.25) is 4.40 Å². The maximum atomic E-state index is 6.04. The highest BCUT2D eigenvalue weighted by Gasteiger charge is 2.31. The second-order valence-electron chi connectivity index (χ2n) is 7.62. The van der Waals surface area contributed by atoms with Crippen LogP contribution in [0.15, 0.2) is 25.2 Å². The van der Waals surface area contributed by atoms with Gasteiger partial charge in [0.25, 0.3) is 0 Å². The van der Waals surface area contributed by atoms with Gasteiger partial charge < -0.3 is 4.74 Å². The Hall–Kier alpha value is -1.84. The summed E-state index contributed by atoms with van der Waals surface area (Å²) < 4.78 is 7.93. The predicted octanol–water partition coefficient (Wildman–Crippen LogP) is 4.75. The van der Waals surface area contributed by atoms with Crippen LogP contribution in [0.3, 0.4) is 0 Å². The summed E-state index contributed by atoms with van der Waals surface area (Å²) in [6.07, 6.45) is 16.8. The zero-order chi connectivity index (χ0) is 16.4. The third-order valence-corrected chi connectivity index (χ3v) is 5.88. The summed E-state index contributed by atoms with van der Waals surface area (Å²) in [4.78, 5) is 0. The molecule has 2 bridgehead atoms. The molecule has 0 amide bonds. The van der Waals surface area contributed by atoms with Crippen molar-refractivity contribution in [3.63, 3.8) is 0 Å². The number of nitrogens with zero attached hydrogens (tertiary/aromatic N) is 3. The van der Waals surface area contributed by atoms with E-state index in [9.17, 15) is 0 Å². The van der Waals surface area contributed by atoms with Crippen molar-refractivity contribution in [2.45, 2.75) is 51.4 Å². The molecule has 0 spiro atoms. The maximum Gasteiger partial charge on any atom is 0.164 e. The first-order valence-electron chi connectivity index (χ1n) is 9.40. The second kappa shape index (κ2) is 6.96. The highest BCUT2D eigenvalue weighted by atomic mass is 16.5. The van der Waals surface area contributed by atoms with Crippen LogP contribution in [0, 0.1) is 17.8 Å². The van der Waals surface area contributed by atoms with E-state index in [1.807, 2.05) is 22.7 Å². The summed E-state index contributed by atoms with van der Waals surface area (Å²) >= 11 is 0. The first kappa shape index (κ1) is 15.7. The molecular weight excluding hydrogens is 298 g/mol. The molecule has 2 fully saturated rings. The Kier molecular flexibility index (Phi) is 4.54. The molecule has 4 nitrogen and oxygen atoms in total. The van der Waals surface area contributed by atoms with Crippen LogP contribution in [-0.2, 0) is 0 Å². The van der Waals surface area contributed by atoms with Crippen molar-refractivity contribution in [2.24, 2.45) is 17.8 Å². The molecule has 4 rings (SSSR count). The van der Waals surface area contributed by atoms with Gasteiger partial charge in [-0.15, -0.1) is 10.2 Å². The van der Waals surface area contributed by atoms with Crippen molar-refractivity contribution >= 4 is 11.7 Å². The van der Waals surface area contributed by atoms with Crippen molar-refractivity contribution in [1.82, 2.24) is 14.6 Å². The Labute approximate surface area is 143 Å². The van der Waals surface area contributed by atoms with E-state index in [2.05, 4.69) is 16.8 Å². The summed E-state index contributed by atoms with van der Waals surface area (Å²) in [7, 11) is 0. The van der Waals surface area contributed by atoms with E-state index < -0.39 is 0 Å². The van der Waals surface area contributed by atoms with Crippen molar-refractivity contribution in [3.8, 4) is 5.75 Å². The molecule has 24 heavy (non-hydrogen) atoms. The van der Waals surface area contributed by atoms with Crippen LogP contribution in [0.5, 0.6) is 5.75 Å². The number of fused-ring (bicyclic) bond motifs is 3. The van der Waals surface area contributed by atoms with Crippen molar-refractivity contribution in [2.75, 3.05) is 6.61 Å². The van der Waals surface area contributed by atoms with Crippen LogP contribution in [0.2, 0.25) is 0 Å². The van der Waals surface area contributed by atoms with Crippen LogP contribution >= 0.6 is 0 Å². The molecule has 0 aromatic carbocycles. The van der Waals surface area contributed by atoms with Crippen LogP contribution in [0.4, 0.5) is 0 Å². The molecule has 0 saturated heterocycles. The third-order valence-electron chi connectivity index (χ3n) is 5.88. The smallest absolute Gasteiger partial charge is 0.164 e. The summed E-state index contributed by atoms with van der Waals surface area (Å²) in [5, 5.41) is 8.01. The molecule has 2 aromatic heterocycles. The Balaban J connectivity index is 1.30. The van der Waals surface area contributed by atoms with E-state index >= 15 is 0 Å². The predicted molar refractivity (Wildman–Crippen MR) is 96.0 cm³/mol. The number of hydrogen-bond donors (Lipinski definition) is 0. The molecule has 4 heteroatoms. The SMILES string of the molecule is C=Cc1cn2cnnc2cc1OCCCC1CC2CCCC(C1)C2. The first-order chi connectivity index (χ1) is 11.8. The molecule has 0 N–H and O–H groups in total. The van der Waals surface area contributed by atoms with Gasteiger partial charge in [-0.25, -0.2) is 0 Å². The normalized spacial score (nSPS) is 26.4. The van der Waals surface area contributed by atoms with Gasteiger partial charge in [0.15, 0.2) is 5.65 Å². The molecule has 2 heterocycles. The minimum absolute atomic E-state index is 0.775. The standard InChI is InChI=1S/C20H27N3O/c1-2-18-13-23-14-21-22-20(23)12-19(18)24-8-4-7-17-10-15-5-3-6-16(9-15)11-17/h2,12-17H,1,3-11H2. The summed E-state index contributed by atoms with van der Waals surface area (Å²) in [6, 6.07) is 1.95. The largest absolute Gasteiger partial charge is 0.493 e. The van der Waals surface area contributed by atoms with Crippen LogP contribution in [0.1, 0.15) is 56.9 Å². The summed E-state index contributed by atoms with van der Waals surface area (Å²) in [5.74, 6) is 3.83. The number of aromatic nitrogens is 3. The maximum absolute atomic E-state index is 6.04. The molecule has 2 aliphatic rings. The zero-order valence-electron chi connectivity index (χ0n) is 14.4. The highest BCUT2D eigenvalue weighted by Crippen LogP contribution is 2.43. The van der Waals surface area contributed by atoms with Gasteiger partial charge >= 0.3 is 0 Å². The second-order valence-corrected chi connectivity index (χ2v) is 7.62. The minimum Gasteiger partial charge on any atom is -0.493 e. The van der Waals surface area contributed by atoms with Crippen molar-refractivity contribution in [1.29, 1.82) is 0 Å². The molecule has 2 atom stereocenters. The van der Waals surface area contributed by atoms with Gasteiger partial charge in [0.1, 0.15) is 12.1 Å². The van der Waals surface area contributed by atoms with Gasteiger partial charge in [-0.05, 0) is 49.9 Å². The van der Waals surface area contributed by atoms with Gasteiger partial charge in [-0.2, -0.15) is 0 Å². The average Bonchev–Trinajstić information content (AvgIpc) is 3.05. The van der Waals surface area contributed by atoms with Crippen LogP contribution < -0.4 is 4.74 Å². The van der Waals surface area contributed by atoms with Gasteiger partial charge in [0.2, 0.25) is 0 Å². The van der Waals surface area contributed by atoms with E-state index in [4.69, 9.17) is 4.74 Å². The lowest BCUT2D eigenvalue weighted by Gasteiger charge is -2.39. The van der Waals surface area contributed by atoms with Gasteiger partial charge in [0, 0.05) is 17.8 Å². The molecule has 0 aliphatic heterocycles. The fraction of sp³-hybridized carbons (Fsp3) is 0.600. The average molecular weight is 325 g/mol. The lowest BCUT2D eigenvalue weighted by molar-refractivity contribution is 0.127. The minimum atomic E-state index is 0.775. The van der Waals surface area contributed by atoms with E-state index in [-0.39, 0.29) is 0 Å². The van der Waals surface area contributed by atoms with Crippen LogP contribution in [-0.4, -0.2) is 21.2 Å². The monoisotopic (exact) mass is 325 g/mol.